The van der Waals surface area contributed by atoms with Gasteiger partial charge >= 0.3 is 0 Å². The number of unbranched alkanes of at least 4 members (excludes halogenated alkanes) is 1. The Balaban J connectivity index is 3.20. The van der Waals surface area contributed by atoms with Crippen LogP contribution in [-0.2, 0) is 0 Å². The minimum absolute atomic E-state index is 0.397. The van der Waals surface area contributed by atoms with Gasteiger partial charge in [-0.05, 0) is 12.8 Å². The summed E-state index contributed by atoms with van der Waals surface area (Å²) in [6.45, 7) is 6.95. The lowest BCUT2D eigenvalue weighted by Gasteiger charge is -2.06. The Bertz CT molecular complexity index is 116. The molecule has 0 saturated heterocycles. The monoisotopic (exact) mass is 170 g/mol. The van der Waals surface area contributed by atoms with Crippen molar-refractivity contribution in [2.75, 3.05) is 0 Å². The first-order valence-corrected chi connectivity index (χ1v) is 4.32. The predicted octanol–water partition coefficient (Wildman–Crippen LogP) is 1.64. The molecular formula is C10H18O2. The van der Waals surface area contributed by atoms with E-state index < -0.39 is 12.2 Å². The molecule has 0 aromatic carbocycles. The van der Waals surface area contributed by atoms with Crippen LogP contribution in [0.2, 0.25) is 0 Å². The highest BCUT2D eigenvalue weighted by Crippen LogP contribution is 2.06. The third-order valence-electron chi connectivity index (χ3n) is 1.79. The summed E-state index contributed by atoms with van der Waals surface area (Å²) in [5, 5.41) is 18.2. The molecule has 0 fully saturated rings. The molecule has 2 nitrogen and oxygen atoms in total. The summed E-state index contributed by atoms with van der Waals surface area (Å²) in [4.78, 5) is 0. The zero-order valence-corrected chi connectivity index (χ0v) is 7.45. The molecule has 0 saturated carbocycles. The van der Waals surface area contributed by atoms with Crippen LogP contribution in [-0.4, -0.2) is 22.4 Å². The van der Waals surface area contributed by atoms with Gasteiger partial charge in [-0.25, -0.2) is 0 Å². The van der Waals surface area contributed by atoms with Crippen molar-refractivity contribution in [3.05, 3.63) is 25.3 Å². The zero-order chi connectivity index (χ0) is 9.40. The van der Waals surface area contributed by atoms with Crippen LogP contribution in [0, 0.1) is 0 Å². The fraction of sp³-hybridized carbons (Fsp3) is 0.600. The minimum Gasteiger partial charge on any atom is -0.389 e. The van der Waals surface area contributed by atoms with Crippen molar-refractivity contribution in [1.29, 1.82) is 0 Å². The van der Waals surface area contributed by atoms with Crippen molar-refractivity contribution in [3.8, 4) is 0 Å². The van der Waals surface area contributed by atoms with Gasteiger partial charge in [0.15, 0.2) is 0 Å². The molecule has 0 heterocycles. The first-order valence-electron chi connectivity index (χ1n) is 4.32. The van der Waals surface area contributed by atoms with E-state index in [0.29, 0.717) is 0 Å². The summed E-state index contributed by atoms with van der Waals surface area (Å²) >= 11 is 0. The molecule has 2 N–H and O–H groups in total. The molecule has 0 aliphatic heterocycles. The molecule has 0 amide bonds. The van der Waals surface area contributed by atoms with Gasteiger partial charge in [0.1, 0.15) is 0 Å². The predicted molar refractivity (Wildman–Crippen MR) is 50.9 cm³/mol. The number of hydrogen-bond donors (Lipinski definition) is 2. The van der Waals surface area contributed by atoms with E-state index in [0.717, 1.165) is 25.7 Å². The second-order valence-electron chi connectivity index (χ2n) is 2.89. The van der Waals surface area contributed by atoms with Gasteiger partial charge in [-0.1, -0.05) is 25.0 Å². The van der Waals surface area contributed by atoms with Gasteiger partial charge < -0.3 is 10.2 Å². The summed E-state index contributed by atoms with van der Waals surface area (Å²) in [7, 11) is 0. The molecule has 0 spiro atoms. The van der Waals surface area contributed by atoms with Crippen LogP contribution < -0.4 is 0 Å². The molecule has 2 atom stereocenters. The highest BCUT2D eigenvalue weighted by Gasteiger charge is 2.00. The highest BCUT2D eigenvalue weighted by atomic mass is 16.3. The van der Waals surface area contributed by atoms with Crippen LogP contribution in [0.1, 0.15) is 25.7 Å². The van der Waals surface area contributed by atoms with Gasteiger partial charge in [-0.2, -0.15) is 0 Å². The van der Waals surface area contributed by atoms with Crippen LogP contribution in [0.3, 0.4) is 0 Å². The largest absolute Gasteiger partial charge is 0.389 e. The van der Waals surface area contributed by atoms with Crippen molar-refractivity contribution in [1.82, 2.24) is 0 Å². The molecule has 0 aromatic heterocycles. The number of aliphatic hydroxyl groups excluding tert-OH is 2. The van der Waals surface area contributed by atoms with Gasteiger partial charge in [0.2, 0.25) is 0 Å². The van der Waals surface area contributed by atoms with Gasteiger partial charge in [-0.3, -0.25) is 0 Å². The summed E-state index contributed by atoms with van der Waals surface area (Å²) in [5.41, 5.74) is 0. The quantitative estimate of drug-likeness (QED) is 0.450. The lowest BCUT2D eigenvalue weighted by molar-refractivity contribution is 0.191. The van der Waals surface area contributed by atoms with Gasteiger partial charge in [0.05, 0.1) is 12.2 Å². The lowest BCUT2D eigenvalue weighted by atomic mass is 10.1. The SMILES string of the molecule is C=CC(O)CCCCC(O)C=C. The first kappa shape index (κ1) is 11.4. The Morgan fingerprint density at radius 1 is 0.917 bits per heavy atom. The van der Waals surface area contributed by atoms with E-state index in [1.165, 1.54) is 12.2 Å². The molecule has 0 radical (unpaired) electrons. The minimum atomic E-state index is -0.397. The molecule has 2 heteroatoms. The van der Waals surface area contributed by atoms with Crippen LogP contribution in [0.25, 0.3) is 0 Å². The molecule has 70 valence electrons. The summed E-state index contributed by atoms with van der Waals surface area (Å²) in [6, 6.07) is 0. The Morgan fingerprint density at radius 2 is 1.25 bits per heavy atom. The van der Waals surface area contributed by atoms with Crippen LogP contribution in [0.15, 0.2) is 25.3 Å². The smallest absolute Gasteiger partial charge is 0.0718 e. The third-order valence-corrected chi connectivity index (χ3v) is 1.79. The van der Waals surface area contributed by atoms with Crippen molar-refractivity contribution in [3.63, 3.8) is 0 Å². The second-order valence-corrected chi connectivity index (χ2v) is 2.89. The molecular weight excluding hydrogens is 152 g/mol. The molecule has 0 aliphatic rings. The fourth-order valence-electron chi connectivity index (χ4n) is 0.943. The maximum atomic E-state index is 9.08. The average Bonchev–Trinajstić information content (AvgIpc) is 2.11. The first-order chi connectivity index (χ1) is 5.70. The van der Waals surface area contributed by atoms with Crippen molar-refractivity contribution in [2.24, 2.45) is 0 Å². The van der Waals surface area contributed by atoms with Gasteiger partial charge in [0, 0.05) is 0 Å². The van der Waals surface area contributed by atoms with Crippen LogP contribution in [0.5, 0.6) is 0 Å². The molecule has 0 rings (SSSR count). The van der Waals surface area contributed by atoms with E-state index in [-0.39, 0.29) is 0 Å². The molecule has 2 unspecified atom stereocenters. The molecule has 0 aromatic rings. The standard InChI is InChI=1S/C10H18O2/c1-3-9(11)7-5-6-8-10(12)4-2/h3-4,9-12H,1-2,5-8H2. The summed E-state index contributed by atoms with van der Waals surface area (Å²) < 4.78 is 0. The Morgan fingerprint density at radius 3 is 1.50 bits per heavy atom. The van der Waals surface area contributed by atoms with Gasteiger partial charge in [0.25, 0.3) is 0 Å². The second kappa shape index (κ2) is 7.07. The van der Waals surface area contributed by atoms with Crippen molar-refractivity contribution < 1.29 is 10.2 Å². The number of aliphatic hydroxyl groups is 2. The van der Waals surface area contributed by atoms with Crippen molar-refractivity contribution in [2.45, 2.75) is 37.9 Å². The maximum absolute atomic E-state index is 9.08. The topological polar surface area (TPSA) is 40.5 Å². The lowest BCUT2D eigenvalue weighted by Crippen LogP contribution is -2.04. The third kappa shape index (κ3) is 6.13. The fourth-order valence-corrected chi connectivity index (χ4v) is 0.943. The zero-order valence-electron chi connectivity index (χ0n) is 7.45. The van der Waals surface area contributed by atoms with Crippen LogP contribution in [0.4, 0.5) is 0 Å². The van der Waals surface area contributed by atoms with E-state index in [9.17, 15) is 0 Å². The van der Waals surface area contributed by atoms with Gasteiger partial charge in [-0.15, -0.1) is 13.2 Å². The molecule has 0 bridgehead atoms. The van der Waals surface area contributed by atoms with E-state index in [1.54, 1.807) is 0 Å². The van der Waals surface area contributed by atoms with E-state index in [1.807, 2.05) is 0 Å². The molecule has 0 aliphatic carbocycles. The summed E-state index contributed by atoms with van der Waals surface area (Å²) in [5.74, 6) is 0. The Hall–Kier alpha value is -0.600. The highest BCUT2D eigenvalue weighted by molar-refractivity contribution is 4.79. The average molecular weight is 170 g/mol. The summed E-state index contributed by atoms with van der Waals surface area (Å²) in [6.07, 6.45) is 5.56. The van der Waals surface area contributed by atoms with E-state index >= 15 is 0 Å². The normalized spacial score (nSPS) is 15.2. The van der Waals surface area contributed by atoms with E-state index in [4.69, 9.17) is 10.2 Å². The Kier molecular flexibility index (Phi) is 6.72. The number of rotatable bonds is 7. The van der Waals surface area contributed by atoms with E-state index in [2.05, 4.69) is 13.2 Å². The molecule has 12 heavy (non-hydrogen) atoms. The number of hydrogen-bond acceptors (Lipinski definition) is 2. The Labute approximate surface area is 74.2 Å². The van der Waals surface area contributed by atoms with Crippen molar-refractivity contribution >= 4 is 0 Å². The maximum Gasteiger partial charge on any atom is 0.0718 e. The van der Waals surface area contributed by atoms with Crippen LogP contribution >= 0.6 is 0 Å².